The minimum absolute atomic E-state index is 0.544. The molecule has 0 aromatic carbocycles. The zero-order valence-corrected chi connectivity index (χ0v) is 11.2. The molecule has 1 aliphatic rings. The third kappa shape index (κ3) is 3.10. The molecule has 5 nitrogen and oxygen atoms in total. The summed E-state index contributed by atoms with van der Waals surface area (Å²) in [5.41, 5.74) is -0.544. The second-order valence-electron chi connectivity index (χ2n) is 5.08. The van der Waals surface area contributed by atoms with Crippen molar-refractivity contribution in [3.63, 3.8) is 0 Å². The van der Waals surface area contributed by atoms with E-state index in [0.717, 1.165) is 43.9 Å². The van der Waals surface area contributed by atoms with Gasteiger partial charge in [-0.05, 0) is 19.8 Å². The Kier molecular flexibility index (Phi) is 4.01. The van der Waals surface area contributed by atoms with Crippen molar-refractivity contribution in [3.05, 3.63) is 12.4 Å². The van der Waals surface area contributed by atoms with Crippen LogP contribution in [0.25, 0.3) is 0 Å². The summed E-state index contributed by atoms with van der Waals surface area (Å²) in [7, 11) is 1.97. The fourth-order valence-corrected chi connectivity index (χ4v) is 2.55. The highest BCUT2D eigenvalue weighted by molar-refractivity contribution is 5.48. The largest absolute Gasteiger partial charge is 0.388 e. The van der Waals surface area contributed by atoms with Crippen LogP contribution < -0.4 is 10.2 Å². The highest BCUT2D eigenvalue weighted by Gasteiger charge is 2.32. The fraction of sp³-hybridized carbons (Fsp3) is 0.692. The maximum Gasteiger partial charge on any atom is 0.133 e. The molecule has 1 fully saturated rings. The molecule has 0 spiro atoms. The predicted octanol–water partition coefficient (Wildman–Crippen LogP) is 1.65. The number of aromatic nitrogens is 2. The van der Waals surface area contributed by atoms with E-state index in [9.17, 15) is 5.11 Å². The number of likely N-dealkylation sites (N-methyl/N-ethyl adjacent to an activating group) is 1. The smallest absolute Gasteiger partial charge is 0.133 e. The van der Waals surface area contributed by atoms with E-state index in [4.69, 9.17) is 0 Å². The monoisotopic (exact) mass is 250 g/mol. The van der Waals surface area contributed by atoms with Gasteiger partial charge in [0.2, 0.25) is 0 Å². The van der Waals surface area contributed by atoms with Gasteiger partial charge in [0, 0.05) is 26.2 Å². The Morgan fingerprint density at radius 2 is 2.11 bits per heavy atom. The standard InChI is InChI=1S/C13H22N4O/c1-3-14-11-8-12(16-10-15-11)17(2)9-13(18)6-4-5-7-13/h8,10,18H,3-7,9H2,1-2H3,(H,14,15,16). The van der Waals surface area contributed by atoms with E-state index >= 15 is 0 Å². The number of aliphatic hydroxyl groups is 1. The summed E-state index contributed by atoms with van der Waals surface area (Å²) in [5, 5.41) is 13.6. The molecule has 0 unspecified atom stereocenters. The molecule has 1 aromatic rings. The van der Waals surface area contributed by atoms with Crippen LogP contribution in [-0.2, 0) is 0 Å². The van der Waals surface area contributed by atoms with Crippen molar-refractivity contribution in [3.8, 4) is 0 Å². The van der Waals surface area contributed by atoms with Gasteiger partial charge in [0.05, 0.1) is 5.60 Å². The van der Waals surface area contributed by atoms with Gasteiger partial charge < -0.3 is 15.3 Å². The molecule has 0 atom stereocenters. The molecule has 1 aromatic heterocycles. The van der Waals surface area contributed by atoms with E-state index in [1.165, 1.54) is 0 Å². The van der Waals surface area contributed by atoms with Gasteiger partial charge in [-0.25, -0.2) is 9.97 Å². The third-order valence-corrected chi connectivity index (χ3v) is 3.47. The lowest BCUT2D eigenvalue weighted by Gasteiger charge is -2.29. The van der Waals surface area contributed by atoms with Gasteiger partial charge in [0.25, 0.3) is 0 Å². The second-order valence-corrected chi connectivity index (χ2v) is 5.08. The Balaban J connectivity index is 2.03. The molecule has 0 amide bonds. The van der Waals surface area contributed by atoms with Crippen molar-refractivity contribution in [2.75, 3.05) is 30.4 Å². The van der Waals surface area contributed by atoms with Crippen LogP contribution in [0.1, 0.15) is 32.6 Å². The normalized spacial score (nSPS) is 17.7. The van der Waals surface area contributed by atoms with Crippen molar-refractivity contribution < 1.29 is 5.11 Å². The summed E-state index contributed by atoms with van der Waals surface area (Å²) in [6.07, 6.45) is 5.58. The summed E-state index contributed by atoms with van der Waals surface area (Å²) < 4.78 is 0. The van der Waals surface area contributed by atoms with Gasteiger partial charge in [-0.15, -0.1) is 0 Å². The van der Waals surface area contributed by atoms with Crippen LogP contribution in [0, 0.1) is 0 Å². The van der Waals surface area contributed by atoms with Crippen LogP contribution in [0.2, 0.25) is 0 Å². The predicted molar refractivity (Wildman–Crippen MR) is 72.9 cm³/mol. The average molecular weight is 250 g/mol. The number of nitrogens with one attached hydrogen (secondary N) is 1. The molecular weight excluding hydrogens is 228 g/mol. The zero-order valence-electron chi connectivity index (χ0n) is 11.2. The maximum absolute atomic E-state index is 10.4. The number of hydrogen-bond acceptors (Lipinski definition) is 5. The molecule has 0 saturated heterocycles. The number of anilines is 2. The molecule has 2 N–H and O–H groups in total. The lowest BCUT2D eigenvalue weighted by atomic mass is 10.0. The van der Waals surface area contributed by atoms with E-state index in [0.29, 0.717) is 6.54 Å². The summed E-state index contributed by atoms with van der Waals surface area (Å²) in [6.45, 7) is 3.51. The topological polar surface area (TPSA) is 61.3 Å². The Labute approximate surface area is 108 Å². The lowest BCUT2D eigenvalue weighted by molar-refractivity contribution is 0.0558. The van der Waals surface area contributed by atoms with Crippen LogP contribution in [0.5, 0.6) is 0 Å². The first-order valence-corrected chi connectivity index (χ1v) is 6.62. The Bertz CT molecular complexity index is 390. The number of rotatable bonds is 5. The number of hydrogen-bond donors (Lipinski definition) is 2. The second kappa shape index (κ2) is 5.52. The molecule has 100 valence electrons. The van der Waals surface area contributed by atoms with Gasteiger partial charge in [-0.2, -0.15) is 0 Å². The SMILES string of the molecule is CCNc1cc(N(C)CC2(O)CCCC2)ncn1. The molecular formula is C13H22N4O. The van der Waals surface area contributed by atoms with Crippen molar-refractivity contribution >= 4 is 11.6 Å². The van der Waals surface area contributed by atoms with E-state index in [1.807, 2.05) is 24.9 Å². The first-order valence-electron chi connectivity index (χ1n) is 6.62. The van der Waals surface area contributed by atoms with Gasteiger partial charge in [-0.1, -0.05) is 12.8 Å². The summed E-state index contributed by atoms with van der Waals surface area (Å²) in [4.78, 5) is 10.4. The first kappa shape index (κ1) is 13.1. The minimum Gasteiger partial charge on any atom is -0.388 e. The molecule has 5 heteroatoms. The first-order chi connectivity index (χ1) is 8.63. The quantitative estimate of drug-likeness (QED) is 0.832. The van der Waals surface area contributed by atoms with Crippen LogP contribution in [-0.4, -0.2) is 40.8 Å². The van der Waals surface area contributed by atoms with Crippen molar-refractivity contribution in [1.82, 2.24) is 9.97 Å². The van der Waals surface area contributed by atoms with E-state index in [1.54, 1.807) is 6.33 Å². The molecule has 1 saturated carbocycles. The van der Waals surface area contributed by atoms with Crippen molar-refractivity contribution in [2.45, 2.75) is 38.2 Å². The van der Waals surface area contributed by atoms with Crippen LogP contribution in [0.4, 0.5) is 11.6 Å². The molecule has 18 heavy (non-hydrogen) atoms. The van der Waals surface area contributed by atoms with Gasteiger partial charge in [0.1, 0.15) is 18.0 Å². The highest BCUT2D eigenvalue weighted by atomic mass is 16.3. The van der Waals surface area contributed by atoms with Gasteiger partial charge in [0.15, 0.2) is 0 Å². The van der Waals surface area contributed by atoms with Gasteiger partial charge in [-0.3, -0.25) is 0 Å². The fourth-order valence-electron chi connectivity index (χ4n) is 2.55. The van der Waals surface area contributed by atoms with Crippen LogP contribution in [0.15, 0.2) is 12.4 Å². The molecule has 1 heterocycles. The minimum atomic E-state index is -0.544. The Morgan fingerprint density at radius 1 is 1.39 bits per heavy atom. The summed E-state index contributed by atoms with van der Waals surface area (Å²) in [6, 6.07) is 1.92. The summed E-state index contributed by atoms with van der Waals surface area (Å²) in [5.74, 6) is 1.68. The Morgan fingerprint density at radius 3 is 2.78 bits per heavy atom. The third-order valence-electron chi connectivity index (χ3n) is 3.47. The molecule has 0 bridgehead atoms. The Hall–Kier alpha value is -1.36. The molecule has 0 aliphatic heterocycles. The average Bonchev–Trinajstić information content (AvgIpc) is 2.76. The van der Waals surface area contributed by atoms with Crippen LogP contribution in [0.3, 0.4) is 0 Å². The molecule has 2 rings (SSSR count). The molecule has 1 aliphatic carbocycles. The van der Waals surface area contributed by atoms with E-state index in [2.05, 4.69) is 15.3 Å². The van der Waals surface area contributed by atoms with E-state index in [-0.39, 0.29) is 0 Å². The number of nitrogens with zero attached hydrogens (tertiary/aromatic N) is 3. The maximum atomic E-state index is 10.4. The zero-order chi connectivity index (χ0) is 13.0. The summed E-state index contributed by atoms with van der Waals surface area (Å²) >= 11 is 0. The van der Waals surface area contributed by atoms with E-state index < -0.39 is 5.60 Å². The van der Waals surface area contributed by atoms with Crippen LogP contribution >= 0.6 is 0 Å². The molecule has 0 radical (unpaired) electrons. The van der Waals surface area contributed by atoms with Crippen molar-refractivity contribution in [2.24, 2.45) is 0 Å². The van der Waals surface area contributed by atoms with Gasteiger partial charge >= 0.3 is 0 Å². The highest BCUT2D eigenvalue weighted by Crippen LogP contribution is 2.30. The van der Waals surface area contributed by atoms with Crippen molar-refractivity contribution in [1.29, 1.82) is 0 Å². The lowest BCUT2D eigenvalue weighted by Crippen LogP contribution is -2.39.